The van der Waals surface area contributed by atoms with E-state index < -0.39 is 35.5 Å². The van der Waals surface area contributed by atoms with E-state index in [9.17, 15) is 14.4 Å². The van der Waals surface area contributed by atoms with Crippen LogP contribution in [0.25, 0.3) is 0 Å². The van der Waals surface area contributed by atoms with Gasteiger partial charge in [0, 0.05) is 39.0 Å². The fourth-order valence-electron chi connectivity index (χ4n) is 6.71. The SMILES string of the molecule is COc1ccc(OC)c(CC(C(=O)OCCc2ccccc2)c2cccc(C(OC)(OC)C(C(=O)OCCc3ccccc3)C(=O)OCCc3ccccc3)c2)c1. The number of ether oxygens (including phenoxy) is 7. The lowest BCUT2D eigenvalue weighted by Gasteiger charge is -2.36. The van der Waals surface area contributed by atoms with Crippen molar-refractivity contribution in [3.05, 3.63) is 167 Å². The monoisotopic (exact) mass is 774 g/mol. The molecule has 0 saturated heterocycles. The zero-order chi connectivity index (χ0) is 40.5. The number of hydrogen-bond acceptors (Lipinski definition) is 10. The molecule has 57 heavy (non-hydrogen) atoms. The molecule has 5 rings (SSSR count). The number of rotatable bonds is 21. The van der Waals surface area contributed by atoms with Crippen LogP contribution < -0.4 is 9.47 Å². The van der Waals surface area contributed by atoms with Crippen LogP contribution in [0.2, 0.25) is 0 Å². The Morgan fingerprint density at radius 3 is 1.47 bits per heavy atom. The van der Waals surface area contributed by atoms with Crippen LogP contribution in [0.1, 0.15) is 39.3 Å². The van der Waals surface area contributed by atoms with Crippen molar-refractivity contribution in [1.82, 2.24) is 0 Å². The third-order valence-corrected chi connectivity index (χ3v) is 9.78. The Balaban J connectivity index is 1.49. The van der Waals surface area contributed by atoms with Crippen LogP contribution in [0.3, 0.4) is 0 Å². The Kier molecular flexibility index (Phi) is 15.8. The van der Waals surface area contributed by atoms with Gasteiger partial charge >= 0.3 is 17.9 Å². The molecule has 0 spiro atoms. The molecule has 5 aromatic carbocycles. The minimum absolute atomic E-state index is 0.000538. The Hall–Kier alpha value is -5.97. The van der Waals surface area contributed by atoms with Gasteiger partial charge in [0.05, 0.1) is 40.0 Å². The highest BCUT2D eigenvalue weighted by Crippen LogP contribution is 2.39. The maximum absolute atomic E-state index is 14.1. The lowest BCUT2D eigenvalue weighted by molar-refractivity contribution is -0.254. The fourth-order valence-corrected chi connectivity index (χ4v) is 6.71. The molecule has 0 fully saturated rings. The van der Waals surface area contributed by atoms with E-state index in [1.807, 2.05) is 97.1 Å². The Morgan fingerprint density at radius 1 is 0.526 bits per heavy atom. The number of methoxy groups -OCH3 is 4. The van der Waals surface area contributed by atoms with Crippen LogP contribution in [0.4, 0.5) is 0 Å². The molecule has 0 heterocycles. The van der Waals surface area contributed by atoms with Crippen LogP contribution in [0.5, 0.6) is 11.5 Å². The Morgan fingerprint density at radius 2 is 1.02 bits per heavy atom. The molecule has 1 atom stereocenters. The van der Waals surface area contributed by atoms with Crippen molar-refractivity contribution >= 4 is 17.9 Å². The molecule has 1 unspecified atom stereocenters. The van der Waals surface area contributed by atoms with Gasteiger partial charge in [-0.25, -0.2) is 0 Å². The second-order valence-corrected chi connectivity index (χ2v) is 13.3. The number of carbonyl (C=O) groups excluding carboxylic acids is 3. The first-order valence-corrected chi connectivity index (χ1v) is 18.8. The molecule has 0 amide bonds. The maximum atomic E-state index is 14.1. The molecule has 10 nitrogen and oxygen atoms in total. The van der Waals surface area contributed by atoms with E-state index in [4.69, 9.17) is 33.2 Å². The van der Waals surface area contributed by atoms with E-state index in [1.165, 1.54) is 14.2 Å². The van der Waals surface area contributed by atoms with Crippen molar-refractivity contribution < 1.29 is 47.5 Å². The first kappa shape index (κ1) is 42.2. The van der Waals surface area contributed by atoms with E-state index >= 15 is 0 Å². The maximum Gasteiger partial charge on any atom is 0.326 e. The fraction of sp³-hybridized carbons (Fsp3) is 0.298. The predicted molar refractivity (Wildman–Crippen MR) is 215 cm³/mol. The summed E-state index contributed by atoms with van der Waals surface area (Å²) in [7, 11) is 5.81. The molecule has 0 saturated carbocycles. The van der Waals surface area contributed by atoms with Crippen molar-refractivity contribution in [3.8, 4) is 11.5 Å². The summed E-state index contributed by atoms with van der Waals surface area (Å²) >= 11 is 0. The topological polar surface area (TPSA) is 116 Å². The van der Waals surface area contributed by atoms with Gasteiger partial charge in [0.25, 0.3) is 0 Å². The molecule has 0 bridgehead atoms. The Bertz CT molecular complexity index is 1960. The first-order chi connectivity index (χ1) is 27.8. The van der Waals surface area contributed by atoms with E-state index in [2.05, 4.69) is 0 Å². The standard InChI is InChI=1S/C47H50O10/c1-51-40-23-24-42(52-2)38(32-40)33-41(44(48)55-28-25-34-15-8-5-9-16-34)37-21-14-22-39(31-37)47(53-3,54-4)43(45(49)56-29-26-35-17-10-6-11-18-35)46(50)57-30-27-36-19-12-7-13-20-36/h5-24,31-32,41,43H,25-30,33H2,1-4H3. The van der Waals surface area contributed by atoms with Gasteiger partial charge in [0.15, 0.2) is 0 Å². The van der Waals surface area contributed by atoms with E-state index in [0.717, 1.165) is 16.7 Å². The van der Waals surface area contributed by atoms with Gasteiger partial charge in [-0.2, -0.15) is 0 Å². The zero-order valence-corrected chi connectivity index (χ0v) is 32.9. The number of hydrogen-bond donors (Lipinski definition) is 0. The van der Waals surface area contributed by atoms with Gasteiger partial charge in [-0.3, -0.25) is 14.4 Å². The molecular weight excluding hydrogens is 725 g/mol. The molecule has 0 aliphatic rings. The largest absolute Gasteiger partial charge is 0.497 e. The van der Waals surface area contributed by atoms with Crippen LogP contribution in [0.15, 0.2) is 133 Å². The minimum atomic E-state index is -2.01. The zero-order valence-electron chi connectivity index (χ0n) is 32.9. The highest BCUT2D eigenvalue weighted by molar-refractivity contribution is 5.96. The molecule has 10 heteroatoms. The van der Waals surface area contributed by atoms with Gasteiger partial charge < -0.3 is 33.2 Å². The molecular formula is C47H50O10. The van der Waals surface area contributed by atoms with Crippen molar-refractivity contribution in [2.45, 2.75) is 37.4 Å². The molecule has 0 aromatic heterocycles. The lowest BCUT2D eigenvalue weighted by Crippen LogP contribution is -2.49. The molecule has 0 N–H and O–H groups in total. The van der Waals surface area contributed by atoms with Crippen molar-refractivity contribution in [1.29, 1.82) is 0 Å². The van der Waals surface area contributed by atoms with Gasteiger partial charge in [-0.05, 0) is 58.5 Å². The minimum Gasteiger partial charge on any atom is -0.497 e. The summed E-state index contributed by atoms with van der Waals surface area (Å²) in [5.41, 5.74) is 4.46. The number of benzene rings is 5. The van der Waals surface area contributed by atoms with Crippen molar-refractivity contribution in [2.24, 2.45) is 5.92 Å². The predicted octanol–water partition coefficient (Wildman–Crippen LogP) is 7.45. The summed E-state index contributed by atoms with van der Waals surface area (Å²) in [5.74, 6) is -5.68. The second kappa shape index (κ2) is 21.4. The lowest BCUT2D eigenvalue weighted by atomic mass is 9.86. The van der Waals surface area contributed by atoms with Crippen LogP contribution in [-0.4, -0.2) is 66.2 Å². The summed E-state index contributed by atoms with van der Waals surface area (Å²) in [4.78, 5) is 42.3. The molecule has 0 radical (unpaired) electrons. The van der Waals surface area contributed by atoms with E-state index in [-0.39, 0.29) is 31.8 Å². The van der Waals surface area contributed by atoms with Gasteiger partial charge in [0.1, 0.15) is 11.5 Å². The quantitative estimate of drug-likeness (QED) is 0.0322. The molecule has 298 valence electrons. The van der Waals surface area contributed by atoms with E-state index in [0.29, 0.717) is 41.9 Å². The van der Waals surface area contributed by atoms with E-state index in [1.54, 1.807) is 50.6 Å². The summed E-state index contributed by atoms with van der Waals surface area (Å²) in [5, 5.41) is 0. The summed E-state index contributed by atoms with van der Waals surface area (Å²) in [6, 6.07) is 41.0. The summed E-state index contributed by atoms with van der Waals surface area (Å²) in [6.07, 6.45) is 1.55. The number of carbonyl (C=O) groups is 3. The average Bonchev–Trinajstić information content (AvgIpc) is 3.25. The second-order valence-electron chi connectivity index (χ2n) is 13.3. The summed E-state index contributed by atoms with van der Waals surface area (Å²) < 4.78 is 40.6. The van der Waals surface area contributed by atoms with Gasteiger partial charge in [0.2, 0.25) is 11.7 Å². The molecule has 0 aliphatic carbocycles. The highest BCUT2D eigenvalue weighted by Gasteiger charge is 2.53. The van der Waals surface area contributed by atoms with Crippen LogP contribution >= 0.6 is 0 Å². The summed E-state index contributed by atoms with van der Waals surface area (Å²) in [6.45, 7) is 0.152. The van der Waals surface area contributed by atoms with Crippen molar-refractivity contribution in [2.75, 3.05) is 48.3 Å². The molecule has 0 aliphatic heterocycles. The van der Waals surface area contributed by atoms with Gasteiger partial charge in [-0.1, -0.05) is 109 Å². The third kappa shape index (κ3) is 11.3. The smallest absolute Gasteiger partial charge is 0.326 e. The van der Waals surface area contributed by atoms with Crippen LogP contribution in [-0.2, 0) is 69.5 Å². The normalized spacial score (nSPS) is 11.7. The molecule has 5 aromatic rings. The average molecular weight is 775 g/mol. The third-order valence-electron chi connectivity index (χ3n) is 9.78. The number of esters is 3. The van der Waals surface area contributed by atoms with Crippen molar-refractivity contribution in [3.63, 3.8) is 0 Å². The van der Waals surface area contributed by atoms with Crippen LogP contribution in [0, 0.1) is 5.92 Å². The highest BCUT2D eigenvalue weighted by atomic mass is 16.7. The first-order valence-electron chi connectivity index (χ1n) is 18.8. The Labute approximate surface area is 334 Å². The van der Waals surface area contributed by atoms with Gasteiger partial charge in [-0.15, -0.1) is 0 Å².